The Balaban J connectivity index is 2.33. The highest BCUT2D eigenvalue weighted by Crippen LogP contribution is 2.25. The van der Waals surface area contributed by atoms with Gasteiger partial charge >= 0.3 is 5.97 Å². The molecule has 0 aliphatic heterocycles. The van der Waals surface area contributed by atoms with E-state index in [-0.39, 0.29) is 0 Å². The SMILES string of the molecule is CN[C@@H](Cc1c[nH]c2cccc(CCC(C)C)c12)C(=O)O. The summed E-state index contributed by atoms with van der Waals surface area (Å²) in [4.78, 5) is 14.5. The Bertz CT molecular complexity index is 616. The zero-order chi connectivity index (χ0) is 15.4. The van der Waals surface area contributed by atoms with E-state index in [1.165, 1.54) is 10.9 Å². The summed E-state index contributed by atoms with van der Waals surface area (Å²) in [5.41, 5.74) is 3.47. The third kappa shape index (κ3) is 3.64. The molecule has 1 aromatic heterocycles. The summed E-state index contributed by atoms with van der Waals surface area (Å²) in [5.74, 6) is -0.154. The van der Waals surface area contributed by atoms with Crippen molar-refractivity contribution in [1.29, 1.82) is 0 Å². The lowest BCUT2D eigenvalue weighted by Gasteiger charge is -2.12. The number of hydrogen-bond donors (Lipinski definition) is 3. The Labute approximate surface area is 125 Å². The molecule has 0 saturated heterocycles. The molecule has 2 rings (SSSR count). The van der Waals surface area contributed by atoms with Gasteiger partial charge in [0.1, 0.15) is 6.04 Å². The molecule has 0 unspecified atom stereocenters. The second-order valence-electron chi connectivity index (χ2n) is 5.97. The summed E-state index contributed by atoms with van der Waals surface area (Å²) in [6.45, 7) is 4.44. The molecule has 0 spiro atoms. The van der Waals surface area contributed by atoms with Gasteiger partial charge in [0.05, 0.1) is 0 Å². The zero-order valence-electron chi connectivity index (χ0n) is 12.9. The summed E-state index contributed by atoms with van der Waals surface area (Å²) >= 11 is 0. The largest absolute Gasteiger partial charge is 0.480 e. The van der Waals surface area contributed by atoms with Crippen LogP contribution in [0.5, 0.6) is 0 Å². The summed E-state index contributed by atoms with van der Waals surface area (Å²) in [6, 6.07) is 5.71. The molecule has 21 heavy (non-hydrogen) atoms. The van der Waals surface area contributed by atoms with Gasteiger partial charge in [-0.1, -0.05) is 26.0 Å². The van der Waals surface area contributed by atoms with Crippen molar-refractivity contribution in [2.75, 3.05) is 7.05 Å². The van der Waals surface area contributed by atoms with Crippen molar-refractivity contribution in [3.8, 4) is 0 Å². The molecule has 2 aromatic rings. The molecule has 1 aromatic carbocycles. The topological polar surface area (TPSA) is 65.1 Å². The molecule has 3 N–H and O–H groups in total. The first-order valence-electron chi connectivity index (χ1n) is 7.50. The molecule has 0 aliphatic carbocycles. The van der Waals surface area contributed by atoms with E-state index in [1.807, 2.05) is 12.3 Å². The molecule has 0 bridgehead atoms. The van der Waals surface area contributed by atoms with Crippen LogP contribution in [0.15, 0.2) is 24.4 Å². The molecule has 0 amide bonds. The summed E-state index contributed by atoms with van der Waals surface area (Å²) in [7, 11) is 1.69. The molecule has 4 heteroatoms. The van der Waals surface area contributed by atoms with Gasteiger partial charge < -0.3 is 15.4 Å². The molecular weight excluding hydrogens is 264 g/mol. The minimum Gasteiger partial charge on any atom is -0.480 e. The second-order valence-corrected chi connectivity index (χ2v) is 5.97. The molecule has 0 radical (unpaired) electrons. The van der Waals surface area contributed by atoms with E-state index in [4.69, 9.17) is 0 Å². The van der Waals surface area contributed by atoms with Crippen molar-refractivity contribution in [3.05, 3.63) is 35.5 Å². The Morgan fingerprint density at radius 1 is 1.33 bits per heavy atom. The van der Waals surface area contributed by atoms with Crippen molar-refractivity contribution in [2.24, 2.45) is 5.92 Å². The van der Waals surface area contributed by atoms with Crippen LogP contribution in [-0.2, 0) is 17.6 Å². The average molecular weight is 288 g/mol. The number of aromatic nitrogens is 1. The highest BCUT2D eigenvalue weighted by Gasteiger charge is 2.18. The number of H-pyrrole nitrogens is 1. The van der Waals surface area contributed by atoms with Crippen molar-refractivity contribution < 1.29 is 9.90 Å². The number of hydrogen-bond acceptors (Lipinski definition) is 2. The van der Waals surface area contributed by atoms with E-state index in [0.717, 1.165) is 23.9 Å². The van der Waals surface area contributed by atoms with Crippen LogP contribution >= 0.6 is 0 Å². The van der Waals surface area contributed by atoms with Gasteiger partial charge in [0, 0.05) is 23.5 Å². The maximum atomic E-state index is 11.2. The summed E-state index contributed by atoms with van der Waals surface area (Å²) in [6.07, 6.45) is 4.59. The van der Waals surface area contributed by atoms with Crippen LogP contribution in [0.25, 0.3) is 10.9 Å². The predicted octanol–water partition coefficient (Wildman–Crippen LogP) is 2.97. The van der Waals surface area contributed by atoms with Gasteiger partial charge in [-0.25, -0.2) is 0 Å². The van der Waals surface area contributed by atoms with Crippen molar-refractivity contribution >= 4 is 16.9 Å². The van der Waals surface area contributed by atoms with Gasteiger partial charge in [-0.3, -0.25) is 4.79 Å². The fourth-order valence-corrected chi connectivity index (χ4v) is 2.68. The van der Waals surface area contributed by atoms with Gasteiger partial charge in [-0.15, -0.1) is 0 Å². The van der Waals surface area contributed by atoms with Gasteiger partial charge in [0.15, 0.2) is 0 Å². The Kier molecular flexibility index (Phi) is 5.02. The first kappa shape index (κ1) is 15.6. The number of carboxylic acids is 1. The van der Waals surface area contributed by atoms with E-state index >= 15 is 0 Å². The average Bonchev–Trinajstić information content (AvgIpc) is 2.85. The van der Waals surface area contributed by atoms with Crippen LogP contribution in [0.2, 0.25) is 0 Å². The standard InChI is InChI=1S/C17H24N2O2/c1-11(2)7-8-12-5-4-6-14-16(12)13(10-19-14)9-15(18-3)17(20)21/h4-6,10-11,15,18-19H,7-9H2,1-3H3,(H,20,21)/t15-/m0/s1. The van der Waals surface area contributed by atoms with Crippen LogP contribution in [0.3, 0.4) is 0 Å². The number of aryl methyl sites for hydroxylation is 1. The number of aliphatic carboxylic acids is 1. The maximum absolute atomic E-state index is 11.2. The molecular formula is C17H24N2O2. The van der Waals surface area contributed by atoms with Crippen molar-refractivity contribution in [3.63, 3.8) is 0 Å². The zero-order valence-corrected chi connectivity index (χ0v) is 12.9. The minimum absolute atomic E-state index is 0.491. The third-order valence-corrected chi connectivity index (χ3v) is 3.94. The van der Waals surface area contributed by atoms with Crippen molar-refractivity contribution in [2.45, 2.75) is 39.2 Å². The number of nitrogens with one attached hydrogen (secondary N) is 2. The second kappa shape index (κ2) is 6.76. The number of carbonyl (C=O) groups is 1. The molecule has 4 nitrogen and oxygen atoms in total. The van der Waals surface area contributed by atoms with Gasteiger partial charge in [0.25, 0.3) is 0 Å². The lowest BCUT2D eigenvalue weighted by atomic mass is 9.96. The normalized spacial score (nSPS) is 13.0. The quantitative estimate of drug-likeness (QED) is 0.734. The predicted molar refractivity (Wildman–Crippen MR) is 85.6 cm³/mol. The Morgan fingerprint density at radius 2 is 2.10 bits per heavy atom. The smallest absolute Gasteiger partial charge is 0.321 e. The highest BCUT2D eigenvalue weighted by molar-refractivity contribution is 5.87. The van der Waals surface area contributed by atoms with Crippen molar-refractivity contribution in [1.82, 2.24) is 10.3 Å². The molecule has 1 atom stereocenters. The third-order valence-electron chi connectivity index (χ3n) is 3.94. The first-order valence-corrected chi connectivity index (χ1v) is 7.50. The molecule has 114 valence electrons. The van der Waals surface area contributed by atoms with E-state index in [1.54, 1.807) is 7.05 Å². The lowest BCUT2D eigenvalue weighted by molar-refractivity contribution is -0.139. The van der Waals surface area contributed by atoms with Gasteiger partial charge in [-0.2, -0.15) is 0 Å². The number of carboxylic acid groups (broad SMARTS) is 1. The fourth-order valence-electron chi connectivity index (χ4n) is 2.68. The molecule has 0 fully saturated rings. The monoisotopic (exact) mass is 288 g/mol. The number of benzene rings is 1. The number of likely N-dealkylation sites (N-methyl/N-ethyl adjacent to an activating group) is 1. The maximum Gasteiger partial charge on any atom is 0.321 e. The minimum atomic E-state index is -0.813. The number of fused-ring (bicyclic) bond motifs is 1. The van der Waals surface area contributed by atoms with Gasteiger partial charge in [0.2, 0.25) is 0 Å². The van der Waals surface area contributed by atoms with E-state index < -0.39 is 12.0 Å². The Hall–Kier alpha value is -1.81. The van der Waals surface area contributed by atoms with E-state index in [9.17, 15) is 9.90 Å². The van der Waals surface area contributed by atoms with E-state index in [0.29, 0.717) is 12.3 Å². The fraction of sp³-hybridized carbons (Fsp3) is 0.471. The van der Waals surface area contributed by atoms with Crippen LogP contribution < -0.4 is 5.32 Å². The van der Waals surface area contributed by atoms with Gasteiger partial charge in [-0.05, 0) is 43.0 Å². The number of rotatable bonds is 7. The van der Waals surface area contributed by atoms with Crippen LogP contribution in [0.1, 0.15) is 31.4 Å². The van der Waals surface area contributed by atoms with E-state index in [2.05, 4.69) is 36.3 Å². The highest BCUT2D eigenvalue weighted by atomic mass is 16.4. The lowest BCUT2D eigenvalue weighted by Crippen LogP contribution is -2.35. The van der Waals surface area contributed by atoms with Crippen LogP contribution in [-0.4, -0.2) is 29.1 Å². The Morgan fingerprint density at radius 3 is 2.71 bits per heavy atom. The number of aromatic amines is 1. The first-order chi connectivity index (χ1) is 10.0. The molecule has 0 aliphatic rings. The van der Waals surface area contributed by atoms with Crippen LogP contribution in [0.4, 0.5) is 0 Å². The summed E-state index contributed by atoms with van der Waals surface area (Å²) in [5, 5.41) is 13.3. The van der Waals surface area contributed by atoms with Crippen LogP contribution in [0, 0.1) is 5.92 Å². The summed E-state index contributed by atoms with van der Waals surface area (Å²) < 4.78 is 0. The molecule has 0 saturated carbocycles. The molecule has 1 heterocycles.